The van der Waals surface area contributed by atoms with Gasteiger partial charge >= 0.3 is 5.97 Å². The number of carbonyl (C=O) groups is 2. The zero-order chi connectivity index (χ0) is 17.1. The highest BCUT2D eigenvalue weighted by atomic mass is 35.5. The predicted molar refractivity (Wildman–Crippen MR) is 90.5 cm³/mol. The topological polar surface area (TPSA) is 55.4 Å². The lowest BCUT2D eigenvalue weighted by Crippen LogP contribution is -2.34. The summed E-state index contributed by atoms with van der Waals surface area (Å²) in [7, 11) is 0. The normalized spacial score (nSPS) is 18.2. The maximum Gasteiger partial charge on any atom is 0.336 e. The number of rotatable bonds is 4. The summed E-state index contributed by atoms with van der Waals surface area (Å²) in [5.41, 5.74) is 1.47. The van der Waals surface area contributed by atoms with Crippen molar-refractivity contribution in [3.8, 4) is 0 Å². The van der Waals surface area contributed by atoms with Crippen molar-refractivity contribution in [1.29, 1.82) is 0 Å². The molecule has 0 aromatic heterocycles. The molecule has 1 amide bonds. The highest BCUT2D eigenvalue weighted by Crippen LogP contribution is 2.40. The van der Waals surface area contributed by atoms with Gasteiger partial charge in [0, 0.05) is 28.1 Å². The van der Waals surface area contributed by atoms with E-state index in [1.807, 2.05) is 13.8 Å². The van der Waals surface area contributed by atoms with Gasteiger partial charge in [-0.25, -0.2) is 4.79 Å². The lowest BCUT2D eigenvalue weighted by atomic mass is 9.84. The highest BCUT2D eigenvalue weighted by Gasteiger charge is 2.35. The van der Waals surface area contributed by atoms with Gasteiger partial charge in [-0.15, -0.1) is 0 Å². The number of amides is 1. The van der Waals surface area contributed by atoms with Crippen LogP contribution in [0.15, 0.2) is 29.5 Å². The van der Waals surface area contributed by atoms with Gasteiger partial charge in [0.25, 0.3) is 0 Å². The first-order valence-corrected chi connectivity index (χ1v) is 8.18. The molecule has 0 bridgehead atoms. The second-order valence-corrected chi connectivity index (χ2v) is 6.79. The first-order valence-electron chi connectivity index (χ1n) is 7.43. The van der Waals surface area contributed by atoms with Crippen molar-refractivity contribution in [3.05, 3.63) is 45.1 Å². The Kier molecular flexibility index (Phi) is 5.71. The Bertz CT molecular complexity index is 648. The van der Waals surface area contributed by atoms with E-state index in [4.69, 9.17) is 27.9 Å². The molecule has 0 saturated heterocycles. The number of hydrogen-bond donors (Lipinski definition) is 1. The van der Waals surface area contributed by atoms with E-state index < -0.39 is 11.9 Å². The SMILES string of the molecule is CC1=C(C(=O)OCC(C)C)[C@H](c2c(Cl)cccc2Cl)CC(=O)N1. The number of ether oxygens (including phenoxy) is 1. The third-order valence-electron chi connectivity index (χ3n) is 3.58. The minimum absolute atomic E-state index is 0.104. The van der Waals surface area contributed by atoms with Crippen molar-refractivity contribution in [1.82, 2.24) is 5.32 Å². The maximum absolute atomic E-state index is 12.5. The Morgan fingerprint density at radius 3 is 2.52 bits per heavy atom. The molecule has 0 saturated carbocycles. The van der Waals surface area contributed by atoms with Crippen LogP contribution in [0.1, 0.15) is 38.7 Å². The summed E-state index contributed by atoms with van der Waals surface area (Å²) in [6.07, 6.45) is 0.104. The second kappa shape index (κ2) is 7.37. The quantitative estimate of drug-likeness (QED) is 0.828. The molecule has 0 fully saturated rings. The maximum atomic E-state index is 12.5. The van der Waals surface area contributed by atoms with Crippen molar-refractivity contribution in [2.45, 2.75) is 33.1 Å². The van der Waals surface area contributed by atoms with Gasteiger partial charge < -0.3 is 10.1 Å². The smallest absolute Gasteiger partial charge is 0.336 e. The molecular weight excluding hydrogens is 337 g/mol. The third kappa shape index (κ3) is 4.06. The Labute approximate surface area is 145 Å². The fraction of sp³-hybridized carbons (Fsp3) is 0.412. The number of carbonyl (C=O) groups excluding carboxylic acids is 2. The average molecular weight is 356 g/mol. The molecule has 0 unspecified atom stereocenters. The van der Waals surface area contributed by atoms with Gasteiger partial charge in [0.05, 0.1) is 12.2 Å². The second-order valence-electron chi connectivity index (χ2n) is 5.97. The summed E-state index contributed by atoms with van der Waals surface area (Å²) >= 11 is 12.5. The molecule has 6 heteroatoms. The van der Waals surface area contributed by atoms with E-state index in [2.05, 4.69) is 5.32 Å². The molecule has 23 heavy (non-hydrogen) atoms. The van der Waals surface area contributed by atoms with E-state index in [-0.39, 0.29) is 18.2 Å². The van der Waals surface area contributed by atoms with Crippen LogP contribution in [0, 0.1) is 5.92 Å². The summed E-state index contributed by atoms with van der Waals surface area (Å²) in [5.74, 6) is -0.911. The van der Waals surface area contributed by atoms with Gasteiger partial charge in [0.1, 0.15) is 0 Å². The Balaban J connectivity index is 2.44. The Morgan fingerprint density at radius 2 is 1.96 bits per heavy atom. The fourth-order valence-corrected chi connectivity index (χ4v) is 3.24. The largest absolute Gasteiger partial charge is 0.462 e. The standard InChI is InChI=1S/C17H19Cl2NO3/c1-9(2)8-23-17(22)15-10(3)20-14(21)7-11(15)16-12(18)5-4-6-13(16)19/h4-6,9,11H,7-8H2,1-3H3,(H,20,21)/t11-/m1/s1. The molecule has 0 radical (unpaired) electrons. The lowest BCUT2D eigenvalue weighted by Gasteiger charge is -2.28. The number of hydrogen-bond acceptors (Lipinski definition) is 3. The van der Waals surface area contributed by atoms with Gasteiger partial charge in [-0.2, -0.15) is 0 Å². The molecule has 1 atom stereocenters. The summed E-state index contributed by atoms with van der Waals surface area (Å²) in [5, 5.41) is 3.55. The Morgan fingerprint density at radius 1 is 1.35 bits per heavy atom. The molecule has 0 spiro atoms. The van der Waals surface area contributed by atoms with E-state index >= 15 is 0 Å². The molecule has 2 rings (SSSR count). The summed E-state index contributed by atoms with van der Waals surface area (Å²) < 4.78 is 5.35. The average Bonchev–Trinajstić information content (AvgIpc) is 2.44. The number of benzene rings is 1. The first kappa shape index (κ1) is 17.8. The van der Waals surface area contributed by atoms with Crippen LogP contribution in [0.2, 0.25) is 10.0 Å². The van der Waals surface area contributed by atoms with Gasteiger partial charge in [-0.1, -0.05) is 43.1 Å². The van der Waals surface area contributed by atoms with Crippen LogP contribution in [0.4, 0.5) is 0 Å². The molecule has 1 aromatic carbocycles. The van der Waals surface area contributed by atoms with Crippen LogP contribution in [0.3, 0.4) is 0 Å². The number of allylic oxidation sites excluding steroid dienone is 1. The molecule has 1 heterocycles. The molecule has 1 N–H and O–H groups in total. The van der Waals surface area contributed by atoms with Gasteiger partial charge in [-0.05, 0) is 30.5 Å². The summed E-state index contributed by atoms with van der Waals surface area (Å²) in [6.45, 7) is 5.91. The van der Waals surface area contributed by atoms with Crippen molar-refractivity contribution >= 4 is 35.1 Å². The predicted octanol–water partition coefficient (Wildman–Crippen LogP) is 4.07. The highest BCUT2D eigenvalue weighted by molar-refractivity contribution is 6.36. The molecule has 1 aliphatic rings. The number of halogens is 2. The Hall–Kier alpha value is -1.52. The minimum atomic E-state index is -0.510. The molecule has 1 aliphatic heterocycles. The summed E-state index contributed by atoms with van der Waals surface area (Å²) in [4.78, 5) is 24.4. The van der Waals surface area contributed by atoms with E-state index in [1.54, 1.807) is 25.1 Å². The van der Waals surface area contributed by atoms with Crippen LogP contribution in [-0.2, 0) is 14.3 Å². The molecule has 124 valence electrons. The van der Waals surface area contributed by atoms with Crippen molar-refractivity contribution in [2.24, 2.45) is 5.92 Å². The number of esters is 1. The van der Waals surface area contributed by atoms with Crippen LogP contribution in [0.25, 0.3) is 0 Å². The first-order chi connectivity index (χ1) is 10.8. The zero-order valence-electron chi connectivity index (χ0n) is 13.3. The van der Waals surface area contributed by atoms with Crippen molar-refractivity contribution < 1.29 is 14.3 Å². The van der Waals surface area contributed by atoms with Crippen molar-refractivity contribution in [3.63, 3.8) is 0 Å². The van der Waals surface area contributed by atoms with Gasteiger partial charge in [0.15, 0.2) is 0 Å². The van der Waals surface area contributed by atoms with E-state index in [9.17, 15) is 9.59 Å². The van der Waals surface area contributed by atoms with Gasteiger partial charge in [-0.3, -0.25) is 4.79 Å². The number of nitrogens with one attached hydrogen (secondary N) is 1. The van der Waals surface area contributed by atoms with Crippen molar-refractivity contribution in [2.75, 3.05) is 6.61 Å². The summed E-state index contributed by atoms with van der Waals surface area (Å²) in [6, 6.07) is 5.12. The van der Waals surface area contributed by atoms with Crippen LogP contribution < -0.4 is 5.32 Å². The monoisotopic (exact) mass is 355 g/mol. The van der Waals surface area contributed by atoms with E-state index in [1.165, 1.54) is 0 Å². The zero-order valence-corrected chi connectivity index (χ0v) is 14.8. The molecule has 0 aliphatic carbocycles. The van der Waals surface area contributed by atoms with Crippen LogP contribution in [0.5, 0.6) is 0 Å². The fourth-order valence-electron chi connectivity index (χ4n) is 2.58. The van der Waals surface area contributed by atoms with Gasteiger partial charge in [0.2, 0.25) is 5.91 Å². The minimum Gasteiger partial charge on any atom is -0.462 e. The molecule has 4 nitrogen and oxygen atoms in total. The lowest BCUT2D eigenvalue weighted by molar-refractivity contribution is -0.140. The van der Waals surface area contributed by atoms with E-state index in [0.29, 0.717) is 33.5 Å². The molecule has 1 aromatic rings. The van der Waals surface area contributed by atoms with Crippen LogP contribution >= 0.6 is 23.2 Å². The molecular formula is C17H19Cl2NO3. The van der Waals surface area contributed by atoms with E-state index in [0.717, 1.165) is 0 Å². The third-order valence-corrected chi connectivity index (χ3v) is 4.24. The van der Waals surface area contributed by atoms with Crippen LogP contribution in [-0.4, -0.2) is 18.5 Å².